The van der Waals surface area contributed by atoms with E-state index in [1.807, 2.05) is 41.2 Å². The van der Waals surface area contributed by atoms with E-state index >= 15 is 0 Å². The number of hydrogen-bond acceptors (Lipinski definition) is 3. The Kier molecular flexibility index (Phi) is 5.65. The summed E-state index contributed by atoms with van der Waals surface area (Å²) in [5.74, 6) is 0.799. The predicted octanol–water partition coefficient (Wildman–Crippen LogP) is 4.45. The second-order valence-electron chi connectivity index (χ2n) is 7.65. The van der Waals surface area contributed by atoms with Gasteiger partial charge in [0.05, 0.1) is 31.0 Å². The Hall–Kier alpha value is -3.08. The van der Waals surface area contributed by atoms with Gasteiger partial charge in [-0.2, -0.15) is 5.10 Å². The van der Waals surface area contributed by atoms with Crippen LogP contribution in [0.3, 0.4) is 0 Å². The van der Waals surface area contributed by atoms with E-state index in [4.69, 9.17) is 4.74 Å². The number of rotatable bonds is 6. The first-order valence-electron chi connectivity index (χ1n) is 10.2. The third-order valence-corrected chi connectivity index (χ3v) is 5.59. The van der Waals surface area contributed by atoms with Crippen molar-refractivity contribution in [2.75, 3.05) is 6.61 Å². The second-order valence-corrected chi connectivity index (χ2v) is 7.65. The van der Waals surface area contributed by atoms with E-state index in [1.165, 1.54) is 16.8 Å². The molecule has 1 N–H and O–H groups in total. The van der Waals surface area contributed by atoms with Crippen molar-refractivity contribution in [3.05, 3.63) is 77.1 Å². The molecule has 2 aromatic carbocycles. The molecular formula is C24H27N3O2. The average Bonchev–Trinajstić information content (AvgIpc) is 3.16. The summed E-state index contributed by atoms with van der Waals surface area (Å²) in [5, 5.41) is 7.81. The number of para-hydroxylation sites is 1. The summed E-state index contributed by atoms with van der Waals surface area (Å²) in [6.45, 7) is 4.61. The summed E-state index contributed by atoms with van der Waals surface area (Å²) in [7, 11) is 0. The highest BCUT2D eigenvalue weighted by atomic mass is 16.5. The third kappa shape index (κ3) is 4.34. The Morgan fingerprint density at radius 1 is 1.17 bits per heavy atom. The van der Waals surface area contributed by atoms with Gasteiger partial charge in [0.1, 0.15) is 5.75 Å². The van der Waals surface area contributed by atoms with Gasteiger partial charge >= 0.3 is 0 Å². The quantitative estimate of drug-likeness (QED) is 0.678. The van der Waals surface area contributed by atoms with Gasteiger partial charge in [-0.05, 0) is 68.5 Å². The minimum absolute atomic E-state index is 0.0118. The van der Waals surface area contributed by atoms with Gasteiger partial charge in [-0.3, -0.25) is 4.79 Å². The Morgan fingerprint density at radius 2 is 2.00 bits per heavy atom. The lowest BCUT2D eigenvalue weighted by Gasteiger charge is -2.24. The van der Waals surface area contributed by atoms with Crippen LogP contribution in [-0.2, 0) is 11.2 Å². The van der Waals surface area contributed by atoms with Crippen molar-refractivity contribution < 1.29 is 9.53 Å². The van der Waals surface area contributed by atoms with Gasteiger partial charge in [0.2, 0.25) is 5.91 Å². The topological polar surface area (TPSA) is 56.2 Å². The highest BCUT2D eigenvalue weighted by Gasteiger charge is 2.26. The number of ether oxygens (including phenoxy) is 1. The monoisotopic (exact) mass is 389 g/mol. The van der Waals surface area contributed by atoms with Crippen molar-refractivity contribution in [1.82, 2.24) is 15.1 Å². The van der Waals surface area contributed by atoms with Gasteiger partial charge in [-0.15, -0.1) is 0 Å². The molecule has 29 heavy (non-hydrogen) atoms. The number of aryl methyl sites for hydroxylation is 2. The van der Waals surface area contributed by atoms with E-state index in [-0.39, 0.29) is 11.9 Å². The minimum atomic E-state index is 0.0118. The number of carbonyl (C=O) groups is 1. The van der Waals surface area contributed by atoms with Gasteiger partial charge in [0, 0.05) is 11.3 Å². The number of nitrogens with one attached hydrogen (secondary N) is 1. The molecule has 150 valence electrons. The maximum absolute atomic E-state index is 12.5. The molecule has 0 bridgehead atoms. The van der Waals surface area contributed by atoms with Crippen molar-refractivity contribution in [2.24, 2.45) is 0 Å². The normalized spacial score (nSPS) is 15.6. The van der Waals surface area contributed by atoms with E-state index in [1.54, 1.807) is 0 Å². The van der Waals surface area contributed by atoms with Crippen molar-refractivity contribution in [3.8, 4) is 11.4 Å². The fourth-order valence-corrected chi connectivity index (χ4v) is 3.83. The highest BCUT2D eigenvalue weighted by Crippen LogP contribution is 2.31. The fourth-order valence-electron chi connectivity index (χ4n) is 3.83. The van der Waals surface area contributed by atoms with Gasteiger partial charge in [-0.25, -0.2) is 4.68 Å². The number of carbonyl (C=O) groups excluding carboxylic acids is 1. The Morgan fingerprint density at radius 3 is 2.79 bits per heavy atom. The van der Waals surface area contributed by atoms with Crippen molar-refractivity contribution in [1.29, 1.82) is 0 Å². The molecule has 0 aliphatic heterocycles. The van der Waals surface area contributed by atoms with Crippen LogP contribution in [0.5, 0.6) is 5.75 Å². The van der Waals surface area contributed by atoms with E-state index in [9.17, 15) is 4.79 Å². The first kappa shape index (κ1) is 19.2. The molecule has 0 unspecified atom stereocenters. The molecule has 1 heterocycles. The molecular weight excluding hydrogens is 362 g/mol. The molecule has 5 heteroatoms. The van der Waals surface area contributed by atoms with E-state index in [2.05, 4.69) is 42.5 Å². The number of aromatic nitrogens is 2. The van der Waals surface area contributed by atoms with Crippen LogP contribution in [0.4, 0.5) is 0 Å². The average molecular weight is 389 g/mol. The molecule has 3 aromatic rings. The lowest BCUT2D eigenvalue weighted by atomic mass is 9.92. The number of benzene rings is 2. The van der Waals surface area contributed by atoms with Crippen molar-refractivity contribution in [3.63, 3.8) is 0 Å². The molecule has 0 fully saturated rings. The van der Waals surface area contributed by atoms with Gasteiger partial charge in [0.15, 0.2) is 0 Å². The zero-order valence-corrected chi connectivity index (χ0v) is 17.0. The Balaban J connectivity index is 1.41. The van der Waals surface area contributed by atoms with Crippen LogP contribution in [-0.4, -0.2) is 22.3 Å². The molecule has 1 aliphatic carbocycles. The molecule has 1 aromatic heterocycles. The first-order valence-corrected chi connectivity index (χ1v) is 10.2. The minimum Gasteiger partial charge on any atom is -0.493 e. The van der Waals surface area contributed by atoms with Crippen LogP contribution >= 0.6 is 0 Å². The molecule has 4 rings (SSSR count). The van der Waals surface area contributed by atoms with Crippen LogP contribution in [0.2, 0.25) is 0 Å². The van der Waals surface area contributed by atoms with Crippen molar-refractivity contribution in [2.45, 2.75) is 45.6 Å². The van der Waals surface area contributed by atoms with Crippen LogP contribution in [0.15, 0.2) is 54.7 Å². The molecule has 1 atom stereocenters. The summed E-state index contributed by atoms with van der Waals surface area (Å²) in [5.41, 5.74) is 5.94. The number of nitrogens with zero attached hydrogens (tertiary/aromatic N) is 2. The van der Waals surface area contributed by atoms with Gasteiger partial charge in [-0.1, -0.05) is 24.3 Å². The third-order valence-electron chi connectivity index (χ3n) is 5.59. The maximum atomic E-state index is 12.5. The first-order chi connectivity index (χ1) is 14.1. The lowest BCUT2D eigenvalue weighted by Crippen LogP contribution is -2.31. The van der Waals surface area contributed by atoms with Crippen LogP contribution in [0, 0.1) is 13.8 Å². The summed E-state index contributed by atoms with van der Waals surface area (Å²) in [6.07, 6.45) is 5.21. The van der Waals surface area contributed by atoms with Crippen LogP contribution in [0.25, 0.3) is 5.69 Å². The number of fused-ring (bicyclic) bond motifs is 1. The summed E-state index contributed by atoms with van der Waals surface area (Å²) in [4.78, 5) is 12.5. The predicted molar refractivity (Wildman–Crippen MR) is 113 cm³/mol. The second kappa shape index (κ2) is 8.52. The molecule has 0 radical (unpaired) electrons. The summed E-state index contributed by atoms with van der Waals surface area (Å²) in [6, 6.07) is 16.0. The Bertz CT molecular complexity index is 995. The van der Waals surface area contributed by atoms with Crippen LogP contribution < -0.4 is 10.1 Å². The fraction of sp³-hybridized carbons (Fsp3) is 0.333. The molecule has 5 nitrogen and oxygen atoms in total. The van der Waals surface area contributed by atoms with Gasteiger partial charge in [0.25, 0.3) is 0 Å². The van der Waals surface area contributed by atoms with Crippen LogP contribution in [0.1, 0.15) is 47.7 Å². The zero-order chi connectivity index (χ0) is 20.2. The zero-order valence-electron chi connectivity index (χ0n) is 17.0. The summed E-state index contributed by atoms with van der Waals surface area (Å²) >= 11 is 0. The number of amides is 1. The molecule has 0 saturated heterocycles. The standard InChI is InChI=1S/C24H27N3O2/c1-17-11-12-19(15-18(17)2)27-23-10-6-9-22(21(23)16-25-27)26-24(28)13-14-29-20-7-4-3-5-8-20/h3-5,7-8,11-12,15-16,22H,6,9-10,13-14H2,1-2H3,(H,26,28)/t22-/m1/s1. The van der Waals surface area contributed by atoms with E-state index in [0.29, 0.717) is 13.0 Å². The van der Waals surface area contributed by atoms with E-state index < -0.39 is 0 Å². The van der Waals surface area contributed by atoms with Crippen molar-refractivity contribution >= 4 is 5.91 Å². The lowest BCUT2D eigenvalue weighted by molar-refractivity contribution is -0.122. The maximum Gasteiger partial charge on any atom is 0.223 e. The van der Waals surface area contributed by atoms with E-state index in [0.717, 1.165) is 36.3 Å². The molecule has 0 saturated carbocycles. The largest absolute Gasteiger partial charge is 0.493 e. The molecule has 1 aliphatic rings. The molecule has 1 amide bonds. The SMILES string of the molecule is Cc1ccc(-n2ncc3c2CCC[C@H]3NC(=O)CCOc2ccccc2)cc1C. The highest BCUT2D eigenvalue weighted by molar-refractivity contribution is 5.76. The van der Waals surface area contributed by atoms with Gasteiger partial charge < -0.3 is 10.1 Å². The number of hydrogen-bond donors (Lipinski definition) is 1. The smallest absolute Gasteiger partial charge is 0.223 e. The molecule has 0 spiro atoms. The summed E-state index contributed by atoms with van der Waals surface area (Å²) < 4.78 is 7.67. The Labute approximate surface area is 171 Å².